The number of carbonyl (C=O) groups excluding carboxylic acids is 1. The lowest BCUT2D eigenvalue weighted by Crippen LogP contribution is -2.38. The third kappa shape index (κ3) is 4.73. The largest absolute Gasteiger partial charge is 0.389 e. The third-order valence-corrected chi connectivity index (χ3v) is 3.00. The molecule has 0 saturated heterocycles. The predicted molar refractivity (Wildman–Crippen MR) is 78.6 cm³/mol. The number of likely N-dealkylation sites (N-methyl/N-ethyl adjacent to an activating group) is 1. The van der Waals surface area contributed by atoms with Gasteiger partial charge in [-0.05, 0) is 38.5 Å². The molecule has 0 aliphatic carbocycles. The van der Waals surface area contributed by atoms with Crippen molar-refractivity contribution in [3.8, 4) is 0 Å². The van der Waals surface area contributed by atoms with E-state index in [1.54, 1.807) is 17.9 Å². The number of nitrogens with zero attached hydrogens (tertiary/aromatic N) is 1. The van der Waals surface area contributed by atoms with Crippen LogP contribution in [0.2, 0.25) is 5.02 Å². The average Bonchev–Trinajstić information content (AvgIpc) is 2.26. The number of benzene rings is 1. The molecule has 0 radical (unpaired) electrons. The number of rotatable bonds is 5. The van der Waals surface area contributed by atoms with Gasteiger partial charge in [0, 0.05) is 13.1 Å². The van der Waals surface area contributed by atoms with E-state index in [1.807, 2.05) is 33.0 Å². The first-order valence-corrected chi connectivity index (χ1v) is 6.67. The molecule has 0 saturated carbocycles. The molecule has 0 aliphatic rings. The molecule has 4 nitrogen and oxygen atoms in total. The Morgan fingerprint density at radius 3 is 2.53 bits per heavy atom. The fourth-order valence-corrected chi connectivity index (χ4v) is 2.09. The number of nitrogens with one attached hydrogen (secondary N) is 1. The number of halogens is 1. The number of hydrogen-bond acceptors (Lipinski definition) is 3. The highest BCUT2D eigenvalue weighted by molar-refractivity contribution is 6.33. The van der Waals surface area contributed by atoms with Crippen molar-refractivity contribution in [3.63, 3.8) is 0 Å². The summed E-state index contributed by atoms with van der Waals surface area (Å²) in [4.78, 5) is 13.5. The van der Waals surface area contributed by atoms with Crippen molar-refractivity contribution in [2.75, 3.05) is 18.5 Å². The molecular formula is C14H21ClN2O2. The zero-order valence-electron chi connectivity index (χ0n) is 11.8. The highest BCUT2D eigenvalue weighted by Gasteiger charge is 2.12. The lowest BCUT2D eigenvalue weighted by atomic mass is 10.1. The molecule has 1 aromatic rings. The van der Waals surface area contributed by atoms with E-state index in [9.17, 15) is 9.90 Å². The number of anilines is 1. The summed E-state index contributed by atoms with van der Waals surface area (Å²) in [5.74, 6) is -0.0480. The molecule has 106 valence electrons. The zero-order chi connectivity index (χ0) is 14.6. The topological polar surface area (TPSA) is 52.6 Å². The summed E-state index contributed by atoms with van der Waals surface area (Å²) in [6.45, 7) is 5.77. The van der Waals surface area contributed by atoms with Crippen molar-refractivity contribution in [2.24, 2.45) is 0 Å². The summed E-state index contributed by atoms with van der Waals surface area (Å²) in [5.41, 5.74) is 1.53. The Morgan fingerprint density at radius 1 is 1.42 bits per heavy atom. The lowest BCUT2D eigenvalue weighted by Gasteiger charge is -2.21. The standard InChI is InChI=1S/C14H21ClN2O2/c1-9(2)16-14(19)8-17(4)13-6-5-11(10(3)18)7-12(13)15/h5-7,9-10,18H,8H2,1-4H3,(H,16,19)/t10-/m0/s1. The van der Waals surface area contributed by atoms with Gasteiger partial charge in [-0.25, -0.2) is 0 Å². The van der Waals surface area contributed by atoms with Gasteiger partial charge in [0.15, 0.2) is 0 Å². The summed E-state index contributed by atoms with van der Waals surface area (Å²) >= 11 is 6.17. The minimum Gasteiger partial charge on any atom is -0.389 e. The van der Waals surface area contributed by atoms with Crippen LogP contribution in [0.25, 0.3) is 0 Å². The van der Waals surface area contributed by atoms with Gasteiger partial charge in [0.1, 0.15) is 0 Å². The Bertz CT molecular complexity index is 447. The van der Waals surface area contributed by atoms with Crippen molar-refractivity contribution < 1.29 is 9.90 Å². The van der Waals surface area contributed by atoms with Crippen molar-refractivity contribution in [1.29, 1.82) is 0 Å². The van der Waals surface area contributed by atoms with Crippen LogP contribution in [-0.4, -0.2) is 30.6 Å². The average molecular weight is 285 g/mol. The lowest BCUT2D eigenvalue weighted by molar-refractivity contribution is -0.120. The molecule has 1 atom stereocenters. The van der Waals surface area contributed by atoms with Crippen LogP contribution >= 0.6 is 11.6 Å². The first kappa shape index (κ1) is 15.8. The Balaban J connectivity index is 2.77. The number of aliphatic hydroxyl groups is 1. The Kier molecular flexibility index (Phi) is 5.63. The molecule has 1 aromatic carbocycles. The molecule has 0 unspecified atom stereocenters. The van der Waals surface area contributed by atoms with Gasteiger partial charge in [-0.15, -0.1) is 0 Å². The van der Waals surface area contributed by atoms with E-state index < -0.39 is 6.10 Å². The molecule has 0 spiro atoms. The molecule has 0 heterocycles. The van der Waals surface area contributed by atoms with Gasteiger partial charge in [-0.1, -0.05) is 17.7 Å². The molecule has 0 aliphatic heterocycles. The molecule has 1 amide bonds. The number of hydrogen-bond donors (Lipinski definition) is 2. The summed E-state index contributed by atoms with van der Waals surface area (Å²) in [6.07, 6.45) is -0.555. The summed E-state index contributed by atoms with van der Waals surface area (Å²) in [7, 11) is 1.81. The Labute approximate surface area is 119 Å². The maximum Gasteiger partial charge on any atom is 0.239 e. The van der Waals surface area contributed by atoms with E-state index in [4.69, 9.17) is 11.6 Å². The fraction of sp³-hybridized carbons (Fsp3) is 0.500. The second-order valence-corrected chi connectivity index (χ2v) is 5.37. The highest BCUT2D eigenvalue weighted by atomic mass is 35.5. The molecule has 5 heteroatoms. The van der Waals surface area contributed by atoms with Gasteiger partial charge >= 0.3 is 0 Å². The van der Waals surface area contributed by atoms with Gasteiger partial charge in [-0.3, -0.25) is 4.79 Å². The predicted octanol–water partition coefficient (Wildman–Crippen LogP) is 2.35. The number of amides is 1. The maximum atomic E-state index is 11.7. The van der Waals surface area contributed by atoms with Crippen molar-refractivity contribution in [3.05, 3.63) is 28.8 Å². The van der Waals surface area contributed by atoms with E-state index >= 15 is 0 Å². The van der Waals surface area contributed by atoms with Crippen LogP contribution in [0.4, 0.5) is 5.69 Å². The van der Waals surface area contributed by atoms with Crippen LogP contribution < -0.4 is 10.2 Å². The minimum atomic E-state index is -0.555. The summed E-state index contributed by atoms with van der Waals surface area (Å²) < 4.78 is 0. The molecule has 0 aromatic heterocycles. The second kappa shape index (κ2) is 6.78. The molecule has 2 N–H and O–H groups in total. The molecule has 19 heavy (non-hydrogen) atoms. The van der Waals surface area contributed by atoms with Gasteiger partial charge in [0.05, 0.1) is 23.4 Å². The molecule has 0 fully saturated rings. The number of aliphatic hydroxyl groups excluding tert-OH is 1. The SMILES string of the molecule is CC(C)NC(=O)CN(C)c1ccc([C@H](C)O)cc1Cl. The molecule has 0 bridgehead atoms. The van der Waals surface area contributed by atoms with Crippen LogP contribution in [0.15, 0.2) is 18.2 Å². The normalized spacial score (nSPS) is 12.4. The quantitative estimate of drug-likeness (QED) is 0.873. The smallest absolute Gasteiger partial charge is 0.239 e. The fourth-order valence-electron chi connectivity index (χ4n) is 1.76. The summed E-state index contributed by atoms with van der Waals surface area (Å²) in [5, 5.41) is 12.8. The number of carbonyl (C=O) groups is 1. The first-order chi connectivity index (χ1) is 8.81. The minimum absolute atomic E-state index is 0.0480. The zero-order valence-corrected chi connectivity index (χ0v) is 12.5. The van der Waals surface area contributed by atoms with E-state index in [2.05, 4.69) is 5.32 Å². The van der Waals surface area contributed by atoms with Crippen LogP contribution in [-0.2, 0) is 4.79 Å². The van der Waals surface area contributed by atoms with Crippen molar-refractivity contribution >= 4 is 23.2 Å². The van der Waals surface area contributed by atoms with Crippen LogP contribution in [0.1, 0.15) is 32.4 Å². The van der Waals surface area contributed by atoms with Gasteiger partial charge in [-0.2, -0.15) is 0 Å². The van der Waals surface area contributed by atoms with E-state index in [0.717, 1.165) is 11.3 Å². The van der Waals surface area contributed by atoms with E-state index in [-0.39, 0.29) is 18.5 Å². The second-order valence-electron chi connectivity index (χ2n) is 4.97. The molecule has 1 rings (SSSR count). The van der Waals surface area contributed by atoms with E-state index in [1.165, 1.54) is 0 Å². The van der Waals surface area contributed by atoms with Gasteiger partial charge in [0.25, 0.3) is 0 Å². The summed E-state index contributed by atoms with van der Waals surface area (Å²) in [6, 6.07) is 5.46. The van der Waals surface area contributed by atoms with Crippen LogP contribution in [0.3, 0.4) is 0 Å². The van der Waals surface area contributed by atoms with Crippen LogP contribution in [0, 0.1) is 0 Å². The Morgan fingerprint density at radius 2 is 2.05 bits per heavy atom. The Hall–Kier alpha value is -1.26. The van der Waals surface area contributed by atoms with E-state index in [0.29, 0.717) is 5.02 Å². The van der Waals surface area contributed by atoms with Gasteiger partial charge in [0.2, 0.25) is 5.91 Å². The molecular weight excluding hydrogens is 264 g/mol. The third-order valence-electron chi connectivity index (χ3n) is 2.70. The maximum absolute atomic E-state index is 11.7. The van der Waals surface area contributed by atoms with Gasteiger partial charge < -0.3 is 15.3 Å². The monoisotopic (exact) mass is 284 g/mol. The first-order valence-electron chi connectivity index (χ1n) is 6.29. The van der Waals surface area contributed by atoms with Crippen LogP contribution in [0.5, 0.6) is 0 Å². The highest BCUT2D eigenvalue weighted by Crippen LogP contribution is 2.28. The van der Waals surface area contributed by atoms with Crippen molar-refractivity contribution in [2.45, 2.75) is 32.9 Å². The van der Waals surface area contributed by atoms with Crippen molar-refractivity contribution in [1.82, 2.24) is 5.32 Å².